The molecule has 0 radical (unpaired) electrons. The lowest BCUT2D eigenvalue weighted by Crippen LogP contribution is -2.30. The van der Waals surface area contributed by atoms with E-state index in [1.807, 2.05) is 12.2 Å². The van der Waals surface area contributed by atoms with Crippen molar-refractivity contribution in [1.82, 2.24) is 0 Å². The van der Waals surface area contributed by atoms with Gasteiger partial charge in [0.2, 0.25) is 0 Å². The molecular formula is C81H140O17P2. The lowest BCUT2D eigenvalue weighted by molar-refractivity contribution is -0.161. The molecule has 576 valence electrons. The number of aliphatic hydroxyl groups is 1. The highest BCUT2D eigenvalue weighted by atomic mass is 31.2. The zero-order valence-electron chi connectivity index (χ0n) is 62.8. The molecule has 0 aliphatic heterocycles. The molecule has 0 spiro atoms. The van der Waals surface area contributed by atoms with Crippen molar-refractivity contribution in [1.29, 1.82) is 0 Å². The molecule has 0 fully saturated rings. The van der Waals surface area contributed by atoms with Gasteiger partial charge in [0, 0.05) is 25.7 Å². The van der Waals surface area contributed by atoms with E-state index in [9.17, 15) is 43.2 Å². The molecule has 0 aromatic carbocycles. The summed E-state index contributed by atoms with van der Waals surface area (Å²) in [5, 5.41) is 10.6. The van der Waals surface area contributed by atoms with Gasteiger partial charge in [-0.05, 0) is 154 Å². The topological polar surface area (TPSA) is 237 Å². The molecule has 0 aromatic rings. The lowest BCUT2D eigenvalue weighted by Gasteiger charge is -2.21. The van der Waals surface area contributed by atoms with Gasteiger partial charge in [0.05, 0.1) is 26.4 Å². The summed E-state index contributed by atoms with van der Waals surface area (Å²) in [6.07, 6.45) is 77.9. The molecule has 19 heteroatoms. The Balaban J connectivity index is 5.43. The van der Waals surface area contributed by atoms with Gasteiger partial charge in [-0.15, -0.1) is 0 Å². The summed E-state index contributed by atoms with van der Waals surface area (Å²) in [4.78, 5) is 72.9. The van der Waals surface area contributed by atoms with Crippen LogP contribution in [0.1, 0.15) is 323 Å². The van der Waals surface area contributed by atoms with Crippen molar-refractivity contribution < 1.29 is 80.2 Å². The number of allylic oxidation sites excluding steroid dienone is 18. The minimum atomic E-state index is -4.99. The van der Waals surface area contributed by atoms with Gasteiger partial charge in [-0.3, -0.25) is 37.3 Å². The van der Waals surface area contributed by atoms with Gasteiger partial charge in [-0.1, -0.05) is 253 Å². The van der Waals surface area contributed by atoms with E-state index >= 15 is 0 Å². The molecule has 0 heterocycles. The summed E-state index contributed by atoms with van der Waals surface area (Å²) in [6.45, 7) is 4.69. The Morgan fingerprint density at radius 1 is 0.280 bits per heavy atom. The van der Waals surface area contributed by atoms with Crippen LogP contribution in [0.15, 0.2) is 109 Å². The molecule has 17 nitrogen and oxygen atoms in total. The molecule has 0 saturated carbocycles. The smallest absolute Gasteiger partial charge is 0.462 e. The summed E-state index contributed by atoms with van der Waals surface area (Å²) in [7, 11) is -9.98. The third-order valence-corrected chi connectivity index (χ3v) is 18.1. The van der Waals surface area contributed by atoms with Crippen LogP contribution >= 0.6 is 15.6 Å². The summed E-state index contributed by atoms with van der Waals surface area (Å²) in [5.41, 5.74) is 0. The molecule has 5 atom stereocenters. The molecule has 0 aliphatic rings. The van der Waals surface area contributed by atoms with Gasteiger partial charge in [0.15, 0.2) is 12.2 Å². The third-order valence-electron chi connectivity index (χ3n) is 16.2. The van der Waals surface area contributed by atoms with Gasteiger partial charge >= 0.3 is 39.5 Å². The standard InChI is InChI=1S/C81H140O17P2/c1-5-9-13-17-21-25-29-33-36-37-40-44-48-52-56-60-64-68-81(86)98-77(72-92-79(84)66-62-58-54-50-46-42-38-34-30-26-22-18-14-10-6-2)74-96-100(89,90)94-70-75(82)69-93-99(87,88)95-73-76(71-91-78(83)65-61-57-53-49-45-41-32-28-24-20-16-12-8-4)97-80(85)67-63-59-55-51-47-43-39-35-31-27-23-19-15-11-7-3/h21-23,25-28,32-36,38-40,44,52,56,75-77,82H,5-20,24,29-31,37,41-43,45-51,53-55,57-74H2,1-4H3,(H,87,88)(H,89,90)/b25-21-,26-22-,27-23-,32-28-,36-33-,38-34-,39-35-,44-40-,56-52-/t75-,76+,77+/m0/s1. The van der Waals surface area contributed by atoms with E-state index in [-0.39, 0.29) is 25.7 Å². The van der Waals surface area contributed by atoms with Crippen molar-refractivity contribution in [2.24, 2.45) is 0 Å². The second-order valence-electron chi connectivity index (χ2n) is 25.9. The van der Waals surface area contributed by atoms with Gasteiger partial charge in [-0.2, -0.15) is 0 Å². The maximum Gasteiger partial charge on any atom is 0.472 e. The van der Waals surface area contributed by atoms with Gasteiger partial charge in [-0.25, -0.2) is 9.13 Å². The quantitative estimate of drug-likeness (QED) is 0.0169. The van der Waals surface area contributed by atoms with Crippen LogP contribution in [0.5, 0.6) is 0 Å². The molecule has 3 N–H and O–H groups in total. The van der Waals surface area contributed by atoms with Crippen LogP contribution in [0.25, 0.3) is 0 Å². The first kappa shape index (κ1) is 95.7. The van der Waals surface area contributed by atoms with Gasteiger partial charge in [0.1, 0.15) is 19.3 Å². The normalized spacial score (nSPS) is 14.5. The van der Waals surface area contributed by atoms with Crippen LogP contribution in [-0.2, 0) is 65.4 Å². The van der Waals surface area contributed by atoms with E-state index in [0.29, 0.717) is 32.1 Å². The van der Waals surface area contributed by atoms with E-state index in [4.69, 9.17) is 37.0 Å². The Labute approximate surface area is 607 Å². The van der Waals surface area contributed by atoms with Crippen molar-refractivity contribution in [2.75, 3.05) is 39.6 Å². The Kier molecular flexibility index (Phi) is 69.9. The number of hydrogen-bond acceptors (Lipinski definition) is 15. The average molecular weight is 1450 g/mol. The zero-order chi connectivity index (χ0) is 73.2. The third kappa shape index (κ3) is 72.1. The Morgan fingerprint density at radius 2 is 0.500 bits per heavy atom. The van der Waals surface area contributed by atoms with Crippen LogP contribution in [0.3, 0.4) is 0 Å². The Hall–Kier alpha value is -4.28. The van der Waals surface area contributed by atoms with E-state index in [2.05, 4.69) is 125 Å². The number of carbonyl (C=O) groups is 4. The molecule has 100 heavy (non-hydrogen) atoms. The fraction of sp³-hybridized carbons (Fsp3) is 0.728. The van der Waals surface area contributed by atoms with Crippen molar-refractivity contribution in [2.45, 2.75) is 341 Å². The number of hydrogen-bond donors (Lipinski definition) is 3. The van der Waals surface area contributed by atoms with E-state index < -0.39 is 97.5 Å². The maximum atomic E-state index is 13.1. The largest absolute Gasteiger partial charge is 0.472 e. The predicted octanol–water partition coefficient (Wildman–Crippen LogP) is 22.6. The summed E-state index contributed by atoms with van der Waals surface area (Å²) < 4.78 is 68.4. The number of phosphoric acid groups is 2. The summed E-state index contributed by atoms with van der Waals surface area (Å²) in [5.74, 6) is -2.27. The molecular weight excluding hydrogens is 1310 g/mol. The monoisotopic (exact) mass is 1450 g/mol. The second kappa shape index (κ2) is 73.0. The molecule has 0 amide bonds. The zero-order valence-corrected chi connectivity index (χ0v) is 64.6. The van der Waals surface area contributed by atoms with Gasteiger partial charge < -0.3 is 33.8 Å². The minimum Gasteiger partial charge on any atom is -0.462 e. The number of rotatable bonds is 73. The van der Waals surface area contributed by atoms with Crippen molar-refractivity contribution in [3.05, 3.63) is 109 Å². The van der Waals surface area contributed by atoms with Crippen LogP contribution < -0.4 is 0 Å². The molecule has 2 unspecified atom stereocenters. The lowest BCUT2D eigenvalue weighted by atomic mass is 10.1. The van der Waals surface area contributed by atoms with Crippen LogP contribution in [0.4, 0.5) is 0 Å². The number of carbonyl (C=O) groups excluding carboxylic acids is 4. The van der Waals surface area contributed by atoms with Crippen LogP contribution in [0, 0.1) is 0 Å². The fourth-order valence-electron chi connectivity index (χ4n) is 10.1. The highest BCUT2D eigenvalue weighted by Gasteiger charge is 2.30. The van der Waals surface area contributed by atoms with E-state index in [0.717, 1.165) is 154 Å². The molecule has 0 aromatic heterocycles. The fourth-order valence-corrected chi connectivity index (χ4v) is 11.7. The van der Waals surface area contributed by atoms with E-state index in [1.165, 1.54) is 83.5 Å². The van der Waals surface area contributed by atoms with Crippen LogP contribution in [-0.4, -0.2) is 96.7 Å². The second-order valence-corrected chi connectivity index (χ2v) is 28.8. The number of unbranched alkanes of at least 4 members (excludes halogenated alkanes) is 29. The number of phosphoric ester groups is 2. The minimum absolute atomic E-state index is 0.0147. The molecule has 0 saturated heterocycles. The van der Waals surface area contributed by atoms with Crippen molar-refractivity contribution in [3.8, 4) is 0 Å². The highest BCUT2D eigenvalue weighted by Crippen LogP contribution is 2.45. The SMILES string of the molecule is CCCCC/C=C\C/C=C\C/C=C\C/C=C\CCCC(=O)O[C@H](COC(=O)CCCCCCC/C=C\C/C=C\CCCCC)COP(=O)(O)OC[C@@H](O)COP(=O)(O)OC[C@@H](COC(=O)CCCCCCC/C=C\CCCCCC)OC(=O)CCCCCCC/C=C\C/C=C\CCCCC. The Bertz CT molecular complexity index is 2320. The molecule has 0 aliphatic carbocycles. The number of esters is 4. The summed E-state index contributed by atoms with van der Waals surface area (Å²) >= 11 is 0. The van der Waals surface area contributed by atoms with Crippen molar-refractivity contribution >= 4 is 39.5 Å². The first-order valence-corrected chi connectivity index (χ1v) is 42.1. The van der Waals surface area contributed by atoms with E-state index in [1.54, 1.807) is 0 Å². The number of aliphatic hydroxyl groups excluding tert-OH is 1. The Morgan fingerprint density at radius 3 is 0.820 bits per heavy atom. The maximum absolute atomic E-state index is 13.1. The predicted molar refractivity (Wildman–Crippen MR) is 408 cm³/mol. The average Bonchev–Trinajstić information content (AvgIpc) is 1.22. The number of ether oxygens (including phenoxy) is 4. The first-order valence-electron chi connectivity index (χ1n) is 39.1. The molecule has 0 bridgehead atoms. The first-order chi connectivity index (χ1) is 48.7. The van der Waals surface area contributed by atoms with Crippen LogP contribution in [0.2, 0.25) is 0 Å². The highest BCUT2D eigenvalue weighted by molar-refractivity contribution is 7.47. The van der Waals surface area contributed by atoms with Gasteiger partial charge in [0.25, 0.3) is 0 Å². The summed E-state index contributed by atoms with van der Waals surface area (Å²) in [6, 6.07) is 0. The molecule has 0 rings (SSSR count). The van der Waals surface area contributed by atoms with Crippen molar-refractivity contribution in [3.63, 3.8) is 0 Å².